The third-order valence-corrected chi connectivity index (χ3v) is 3.47. The van der Waals surface area contributed by atoms with E-state index in [2.05, 4.69) is 4.90 Å². The number of rotatable bonds is 5. The van der Waals surface area contributed by atoms with E-state index < -0.39 is 6.10 Å². The summed E-state index contributed by atoms with van der Waals surface area (Å²) in [7, 11) is 0. The smallest absolute Gasteiger partial charge is 0.122 e. The Morgan fingerprint density at radius 3 is 2.78 bits per heavy atom. The highest BCUT2D eigenvalue weighted by molar-refractivity contribution is 6.30. The van der Waals surface area contributed by atoms with Crippen LogP contribution in [-0.2, 0) is 0 Å². The van der Waals surface area contributed by atoms with Crippen LogP contribution in [0.3, 0.4) is 0 Å². The summed E-state index contributed by atoms with van der Waals surface area (Å²) in [5.41, 5.74) is 0.996. The first-order valence-electron chi connectivity index (χ1n) is 6.44. The minimum Gasteiger partial charge on any atom is -0.491 e. The van der Waals surface area contributed by atoms with Crippen LogP contribution in [0.1, 0.15) is 18.4 Å². The van der Waals surface area contributed by atoms with Crippen LogP contribution in [-0.4, -0.2) is 42.4 Å². The lowest BCUT2D eigenvalue weighted by atomic mass is 10.2. The van der Waals surface area contributed by atoms with E-state index in [1.54, 1.807) is 6.07 Å². The molecule has 1 fully saturated rings. The normalized spacial score (nSPS) is 17.9. The lowest BCUT2D eigenvalue weighted by Gasteiger charge is -2.20. The molecule has 0 saturated carbocycles. The first-order valence-corrected chi connectivity index (χ1v) is 6.82. The van der Waals surface area contributed by atoms with E-state index in [4.69, 9.17) is 16.3 Å². The average Bonchev–Trinajstić information content (AvgIpc) is 2.80. The molecule has 100 valence electrons. The Morgan fingerprint density at radius 1 is 1.39 bits per heavy atom. The van der Waals surface area contributed by atoms with Gasteiger partial charge in [0.2, 0.25) is 0 Å². The van der Waals surface area contributed by atoms with Crippen LogP contribution in [0.15, 0.2) is 18.2 Å². The van der Waals surface area contributed by atoms with Gasteiger partial charge in [0.15, 0.2) is 0 Å². The Hall–Kier alpha value is -0.770. The lowest BCUT2D eigenvalue weighted by Crippen LogP contribution is -2.33. The van der Waals surface area contributed by atoms with E-state index in [9.17, 15) is 5.11 Å². The number of halogens is 1. The lowest BCUT2D eigenvalue weighted by molar-refractivity contribution is 0.0756. The van der Waals surface area contributed by atoms with E-state index in [1.165, 1.54) is 12.8 Å². The molecule has 1 aliphatic rings. The van der Waals surface area contributed by atoms with Gasteiger partial charge in [-0.3, -0.25) is 0 Å². The van der Waals surface area contributed by atoms with Crippen LogP contribution in [0, 0.1) is 6.92 Å². The molecule has 0 amide bonds. The van der Waals surface area contributed by atoms with Crippen LogP contribution in [0.2, 0.25) is 5.02 Å². The molecule has 4 heteroatoms. The summed E-state index contributed by atoms with van der Waals surface area (Å²) >= 11 is 5.88. The van der Waals surface area contributed by atoms with Crippen molar-refractivity contribution >= 4 is 11.6 Å². The molecule has 0 bridgehead atoms. The molecule has 0 spiro atoms. The molecular formula is C14H20ClNO2. The van der Waals surface area contributed by atoms with Crippen molar-refractivity contribution in [1.29, 1.82) is 0 Å². The van der Waals surface area contributed by atoms with E-state index in [0.29, 0.717) is 18.2 Å². The number of β-amino-alcohol motifs (C(OH)–C–C–N with tert-alkyl or cyclic N) is 1. The van der Waals surface area contributed by atoms with Crippen molar-refractivity contribution in [2.24, 2.45) is 0 Å². The van der Waals surface area contributed by atoms with Crippen LogP contribution < -0.4 is 4.74 Å². The van der Waals surface area contributed by atoms with Gasteiger partial charge in [0.25, 0.3) is 0 Å². The molecule has 1 aromatic carbocycles. The van der Waals surface area contributed by atoms with Crippen molar-refractivity contribution in [3.63, 3.8) is 0 Å². The molecule has 0 aromatic heterocycles. The summed E-state index contributed by atoms with van der Waals surface area (Å²) in [5.74, 6) is 0.792. The largest absolute Gasteiger partial charge is 0.491 e. The molecule has 0 aliphatic carbocycles. The molecule has 1 aromatic rings. The highest BCUT2D eigenvalue weighted by Gasteiger charge is 2.16. The van der Waals surface area contributed by atoms with Gasteiger partial charge < -0.3 is 14.7 Å². The highest BCUT2D eigenvalue weighted by atomic mass is 35.5. The van der Waals surface area contributed by atoms with Crippen LogP contribution in [0.4, 0.5) is 0 Å². The molecule has 0 radical (unpaired) electrons. The van der Waals surface area contributed by atoms with E-state index in [-0.39, 0.29) is 0 Å². The van der Waals surface area contributed by atoms with Crippen LogP contribution in [0.25, 0.3) is 0 Å². The fourth-order valence-corrected chi connectivity index (χ4v) is 2.50. The summed E-state index contributed by atoms with van der Waals surface area (Å²) in [6.45, 7) is 5.17. The molecule has 1 aliphatic heterocycles. The molecular weight excluding hydrogens is 250 g/mol. The van der Waals surface area contributed by atoms with Gasteiger partial charge in [-0.2, -0.15) is 0 Å². The predicted molar refractivity (Wildman–Crippen MR) is 73.4 cm³/mol. The van der Waals surface area contributed by atoms with Gasteiger partial charge in [-0.1, -0.05) is 11.6 Å². The zero-order valence-electron chi connectivity index (χ0n) is 10.7. The third kappa shape index (κ3) is 3.87. The summed E-state index contributed by atoms with van der Waals surface area (Å²) < 4.78 is 5.63. The van der Waals surface area contributed by atoms with E-state index >= 15 is 0 Å². The maximum atomic E-state index is 9.92. The molecule has 3 nitrogen and oxygen atoms in total. The van der Waals surface area contributed by atoms with Crippen molar-refractivity contribution in [3.8, 4) is 5.75 Å². The van der Waals surface area contributed by atoms with Gasteiger partial charge in [0.1, 0.15) is 18.5 Å². The predicted octanol–water partition coefficient (Wildman–Crippen LogP) is 2.48. The summed E-state index contributed by atoms with van der Waals surface area (Å²) in [5, 5.41) is 10.6. The Morgan fingerprint density at radius 2 is 2.11 bits per heavy atom. The number of ether oxygens (including phenoxy) is 1. The van der Waals surface area contributed by atoms with Gasteiger partial charge in [0.05, 0.1) is 0 Å². The Labute approximate surface area is 113 Å². The number of hydrogen-bond acceptors (Lipinski definition) is 3. The van der Waals surface area contributed by atoms with Gasteiger partial charge in [-0.25, -0.2) is 0 Å². The maximum absolute atomic E-state index is 9.92. The van der Waals surface area contributed by atoms with E-state index in [0.717, 1.165) is 24.4 Å². The highest BCUT2D eigenvalue weighted by Crippen LogP contribution is 2.22. The third-order valence-electron chi connectivity index (χ3n) is 3.24. The maximum Gasteiger partial charge on any atom is 0.122 e. The second-order valence-electron chi connectivity index (χ2n) is 4.88. The first-order chi connectivity index (χ1) is 8.65. The Balaban J connectivity index is 1.79. The zero-order chi connectivity index (χ0) is 13.0. The molecule has 1 heterocycles. The minimum atomic E-state index is -0.432. The SMILES string of the molecule is Cc1cc(Cl)ccc1OC[C@H](O)CN1CCCC1. The van der Waals surface area contributed by atoms with Gasteiger partial charge in [-0.05, 0) is 56.6 Å². The standard InChI is InChI=1S/C14H20ClNO2/c1-11-8-12(15)4-5-14(11)18-10-13(17)9-16-6-2-3-7-16/h4-5,8,13,17H,2-3,6-7,9-10H2,1H3/t13-/m1/s1. The van der Waals surface area contributed by atoms with Gasteiger partial charge >= 0.3 is 0 Å². The number of aliphatic hydroxyl groups is 1. The van der Waals surface area contributed by atoms with E-state index in [1.807, 2.05) is 19.1 Å². The summed E-state index contributed by atoms with van der Waals surface area (Å²) in [6.07, 6.45) is 2.05. The molecule has 0 unspecified atom stereocenters. The van der Waals surface area contributed by atoms with Crippen molar-refractivity contribution in [1.82, 2.24) is 4.90 Å². The van der Waals surface area contributed by atoms with Crippen molar-refractivity contribution in [3.05, 3.63) is 28.8 Å². The van der Waals surface area contributed by atoms with Crippen LogP contribution in [0.5, 0.6) is 5.75 Å². The number of likely N-dealkylation sites (tertiary alicyclic amines) is 1. The summed E-state index contributed by atoms with van der Waals surface area (Å²) in [4.78, 5) is 2.28. The average molecular weight is 270 g/mol. The Kier molecular flexibility index (Phi) is 4.87. The second-order valence-corrected chi connectivity index (χ2v) is 5.32. The fraction of sp³-hybridized carbons (Fsp3) is 0.571. The topological polar surface area (TPSA) is 32.7 Å². The van der Waals surface area contributed by atoms with Gasteiger partial charge in [0, 0.05) is 11.6 Å². The van der Waals surface area contributed by atoms with Crippen molar-refractivity contribution in [2.45, 2.75) is 25.9 Å². The number of benzene rings is 1. The molecule has 1 saturated heterocycles. The summed E-state index contributed by atoms with van der Waals surface area (Å²) in [6, 6.07) is 5.51. The number of aryl methyl sites for hydroxylation is 1. The second kappa shape index (κ2) is 6.41. The molecule has 2 rings (SSSR count). The van der Waals surface area contributed by atoms with Crippen LogP contribution >= 0.6 is 11.6 Å². The number of aliphatic hydroxyl groups excluding tert-OH is 1. The van der Waals surface area contributed by atoms with Crippen molar-refractivity contribution in [2.75, 3.05) is 26.2 Å². The zero-order valence-corrected chi connectivity index (χ0v) is 11.5. The molecule has 1 N–H and O–H groups in total. The fourth-order valence-electron chi connectivity index (χ4n) is 2.28. The van der Waals surface area contributed by atoms with Crippen molar-refractivity contribution < 1.29 is 9.84 Å². The number of hydrogen-bond donors (Lipinski definition) is 1. The first kappa shape index (κ1) is 13.7. The Bertz CT molecular complexity index is 391. The van der Waals surface area contributed by atoms with Gasteiger partial charge in [-0.15, -0.1) is 0 Å². The molecule has 1 atom stereocenters. The molecule has 18 heavy (non-hydrogen) atoms. The number of nitrogens with zero attached hydrogens (tertiary/aromatic N) is 1. The minimum absolute atomic E-state index is 0.332. The monoisotopic (exact) mass is 269 g/mol. The quantitative estimate of drug-likeness (QED) is 0.891.